The van der Waals surface area contributed by atoms with E-state index in [1.54, 1.807) is 4.68 Å². The summed E-state index contributed by atoms with van der Waals surface area (Å²) in [5, 5.41) is 13.9. The number of aryl methyl sites for hydroxylation is 1. The van der Waals surface area contributed by atoms with Gasteiger partial charge in [-0.3, -0.25) is 9.59 Å². The molecule has 0 aliphatic carbocycles. The minimum Gasteiger partial charge on any atom is -0.481 e. The number of carboxylic acids is 1. The van der Waals surface area contributed by atoms with E-state index in [0.29, 0.717) is 31.8 Å². The predicted octanol–water partition coefficient (Wildman–Crippen LogP) is 2.52. The number of ether oxygens (including phenoxy) is 1. The number of carbonyl (C=O) groups is 2. The Labute approximate surface area is 163 Å². The van der Waals surface area contributed by atoms with Crippen molar-refractivity contribution in [2.45, 2.75) is 32.3 Å². The number of benzene rings is 1. The van der Waals surface area contributed by atoms with Gasteiger partial charge in [0.25, 0.3) is 5.91 Å². The molecule has 1 N–H and O–H groups in total. The summed E-state index contributed by atoms with van der Waals surface area (Å²) in [6.45, 7) is 3.66. The first kappa shape index (κ1) is 18.7. The van der Waals surface area contributed by atoms with Gasteiger partial charge in [0.05, 0.1) is 17.7 Å². The Morgan fingerprint density at radius 2 is 1.86 bits per heavy atom. The molecule has 2 saturated heterocycles. The third kappa shape index (κ3) is 3.54. The van der Waals surface area contributed by atoms with Crippen LogP contribution in [0.1, 0.15) is 35.4 Å². The van der Waals surface area contributed by atoms with Crippen LogP contribution in [-0.4, -0.2) is 57.5 Å². The van der Waals surface area contributed by atoms with E-state index in [1.807, 2.05) is 48.2 Å². The summed E-state index contributed by atoms with van der Waals surface area (Å²) < 4.78 is 7.50. The summed E-state index contributed by atoms with van der Waals surface area (Å²) in [5.74, 6) is -1.07. The van der Waals surface area contributed by atoms with E-state index in [2.05, 4.69) is 5.10 Å². The molecule has 2 aromatic rings. The molecule has 2 fully saturated rings. The molecule has 2 aliphatic rings. The van der Waals surface area contributed by atoms with Gasteiger partial charge in [0, 0.05) is 25.4 Å². The molecule has 1 aromatic heterocycles. The highest BCUT2D eigenvalue weighted by atomic mass is 16.5. The average molecular weight is 383 g/mol. The number of nitrogens with zero attached hydrogens (tertiary/aromatic N) is 3. The molecule has 0 spiro atoms. The molecular weight excluding hydrogens is 358 g/mol. The van der Waals surface area contributed by atoms with E-state index < -0.39 is 11.9 Å². The number of hydrogen-bond donors (Lipinski definition) is 1. The highest BCUT2D eigenvalue weighted by Gasteiger charge is 2.41. The number of para-hydroxylation sites is 1. The van der Waals surface area contributed by atoms with Crippen molar-refractivity contribution in [1.82, 2.24) is 14.7 Å². The number of aliphatic carboxylic acids is 1. The van der Waals surface area contributed by atoms with Crippen molar-refractivity contribution in [2.24, 2.45) is 11.8 Å². The van der Waals surface area contributed by atoms with Gasteiger partial charge in [-0.2, -0.15) is 5.10 Å². The van der Waals surface area contributed by atoms with Gasteiger partial charge in [0.2, 0.25) is 0 Å². The average Bonchev–Trinajstić information content (AvgIpc) is 3.35. The smallest absolute Gasteiger partial charge is 0.309 e. The number of rotatable bonds is 4. The van der Waals surface area contributed by atoms with Crippen LogP contribution in [0.25, 0.3) is 5.69 Å². The number of amides is 1. The van der Waals surface area contributed by atoms with Crippen LogP contribution in [0.4, 0.5) is 0 Å². The Morgan fingerprint density at radius 3 is 2.54 bits per heavy atom. The summed E-state index contributed by atoms with van der Waals surface area (Å²) in [5.41, 5.74) is 2.28. The van der Waals surface area contributed by atoms with Gasteiger partial charge < -0.3 is 14.7 Å². The molecule has 0 radical (unpaired) electrons. The quantitative estimate of drug-likeness (QED) is 0.877. The minimum atomic E-state index is -0.775. The monoisotopic (exact) mass is 383 g/mol. The Kier molecular flexibility index (Phi) is 5.17. The van der Waals surface area contributed by atoms with E-state index in [-0.39, 0.29) is 17.9 Å². The van der Waals surface area contributed by atoms with Crippen LogP contribution in [-0.2, 0) is 9.53 Å². The number of hydrogen-bond acceptors (Lipinski definition) is 4. The zero-order valence-electron chi connectivity index (χ0n) is 16.0. The van der Waals surface area contributed by atoms with E-state index in [1.165, 1.54) is 0 Å². The zero-order valence-corrected chi connectivity index (χ0v) is 16.0. The Balaban J connectivity index is 1.41. The van der Waals surface area contributed by atoms with Gasteiger partial charge in [0.1, 0.15) is 0 Å². The topological polar surface area (TPSA) is 84.7 Å². The second kappa shape index (κ2) is 7.75. The molecule has 7 nitrogen and oxygen atoms in total. The second-order valence-electron chi connectivity index (χ2n) is 7.62. The normalized spacial score (nSPS) is 23.1. The standard InChI is InChI=1S/C21H25N3O4/c1-14-13-18(22-24(14)16-5-3-2-4-6-16)20(25)23-10-7-15(8-11-23)19-17(21(26)27)9-12-28-19/h2-6,13,15,17,19H,7-12H2,1H3,(H,26,27)/t17?,19-/m0/s1. The largest absolute Gasteiger partial charge is 0.481 e. The van der Waals surface area contributed by atoms with Crippen LogP contribution in [0, 0.1) is 18.8 Å². The fourth-order valence-corrected chi connectivity index (χ4v) is 4.34. The molecule has 0 bridgehead atoms. The Hall–Kier alpha value is -2.67. The molecule has 2 atom stereocenters. The molecule has 1 amide bonds. The Morgan fingerprint density at radius 1 is 1.14 bits per heavy atom. The van der Waals surface area contributed by atoms with E-state index >= 15 is 0 Å². The van der Waals surface area contributed by atoms with Crippen LogP contribution >= 0.6 is 0 Å². The molecule has 7 heteroatoms. The number of piperidine rings is 1. The molecule has 4 rings (SSSR count). The van der Waals surface area contributed by atoms with Crippen LogP contribution in [0.2, 0.25) is 0 Å². The SMILES string of the molecule is Cc1cc(C(=O)N2CCC([C@@H]3OCCC3C(=O)O)CC2)nn1-c1ccccc1. The predicted molar refractivity (Wildman–Crippen MR) is 102 cm³/mol. The first-order chi connectivity index (χ1) is 13.5. The molecular formula is C21H25N3O4. The van der Waals surface area contributed by atoms with Gasteiger partial charge in [-0.25, -0.2) is 4.68 Å². The fraction of sp³-hybridized carbons (Fsp3) is 0.476. The van der Waals surface area contributed by atoms with Gasteiger partial charge in [-0.15, -0.1) is 0 Å². The molecule has 2 aliphatic heterocycles. The number of likely N-dealkylation sites (tertiary alicyclic amines) is 1. The molecule has 28 heavy (non-hydrogen) atoms. The number of carboxylic acid groups (broad SMARTS) is 1. The van der Waals surface area contributed by atoms with Crippen LogP contribution in [0.5, 0.6) is 0 Å². The Bertz CT molecular complexity index is 856. The van der Waals surface area contributed by atoms with Crippen molar-refractivity contribution in [3.05, 3.63) is 47.8 Å². The van der Waals surface area contributed by atoms with Crippen LogP contribution < -0.4 is 0 Å². The molecule has 0 saturated carbocycles. The van der Waals surface area contributed by atoms with Crippen molar-refractivity contribution in [2.75, 3.05) is 19.7 Å². The summed E-state index contributed by atoms with van der Waals surface area (Å²) in [7, 11) is 0. The third-order valence-electron chi connectivity index (χ3n) is 5.85. The highest BCUT2D eigenvalue weighted by molar-refractivity contribution is 5.92. The second-order valence-corrected chi connectivity index (χ2v) is 7.62. The minimum absolute atomic E-state index is 0.0710. The number of carbonyl (C=O) groups excluding carboxylic acids is 1. The maximum absolute atomic E-state index is 12.9. The van der Waals surface area contributed by atoms with Gasteiger partial charge in [-0.1, -0.05) is 18.2 Å². The van der Waals surface area contributed by atoms with Crippen molar-refractivity contribution in [3.8, 4) is 5.69 Å². The highest BCUT2D eigenvalue weighted by Crippen LogP contribution is 2.33. The summed E-state index contributed by atoms with van der Waals surface area (Å²) in [4.78, 5) is 26.1. The molecule has 1 unspecified atom stereocenters. The van der Waals surface area contributed by atoms with Gasteiger partial charge in [-0.05, 0) is 50.3 Å². The summed E-state index contributed by atoms with van der Waals surface area (Å²) >= 11 is 0. The van der Waals surface area contributed by atoms with E-state index in [9.17, 15) is 14.7 Å². The third-order valence-corrected chi connectivity index (χ3v) is 5.85. The maximum Gasteiger partial charge on any atom is 0.309 e. The summed E-state index contributed by atoms with van der Waals surface area (Å²) in [6.07, 6.45) is 1.88. The maximum atomic E-state index is 12.9. The number of aromatic nitrogens is 2. The molecule has 148 valence electrons. The lowest BCUT2D eigenvalue weighted by Gasteiger charge is -2.35. The van der Waals surface area contributed by atoms with Gasteiger partial charge in [0.15, 0.2) is 5.69 Å². The van der Waals surface area contributed by atoms with Crippen LogP contribution in [0.15, 0.2) is 36.4 Å². The van der Waals surface area contributed by atoms with Crippen molar-refractivity contribution in [3.63, 3.8) is 0 Å². The van der Waals surface area contributed by atoms with Gasteiger partial charge >= 0.3 is 5.97 Å². The van der Waals surface area contributed by atoms with Crippen molar-refractivity contribution >= 4 is 11.9 Å². The lowest BCUT2D eigenvalue weighted by atomic mass is 9.84. The first-order valence-electron chi connectivity index (χ1n) is 9.80. The van der Waals surface area contributed by atoms with Crippen molar-refractivity contribution in [1.29, 1.82) is 0 Å². The van der Waals surface area contributed by atoms with Crippen LogP contribution in [0.3, 0.4) is 0 Å². The first-order valence-corrected chi connectivity index (χ1v) is 9.80. The lowest BCUT2D eigenvalue weighted by molar-refractivity contribution is -0.145. The van der Waals surface area contributed by atoms with E-state index in [0.717, 1.165) is 24.2 Å². The van der Waals surface area contributed by atoms with E-state index in [4.69, 9.17) is 4.74 Å². The zero-order chi connectivity index (χ0) is 19.7. The fourth-order valence-electron chi connectivity index (χ4n) is 4.34. The molecule has 3 heterocycles. The molecule has 1 aromatic carbocycles. The summed E-state index contributed by atoms with van der Waals surface area (Å²) in [6, 6.07) is 11.6. The lowest BCUT2D eigenvalue weighted by Crippen LogP contribution is -2.43. The van der Waals surface area contributed by atoms with Crippen molar-refractivity contribution < 1.29 is 19.4 Å².